The van der Waals surface area contributed by atoms with Crippen molar-refractivity contribution in [3.63, 3.8) is 0 Å². The fraction of sp³-hybridized carbons (Fsp3) is 0.167. The zero-order valence-electron chi connectivity index (χ0n) is 5.73. The van der Waals surface area contributed by atoms with Crippen LogP contribution in [0.3, 0.4) is 0 Å². The number of furan rings is 1. The number of carbonyl (C=O) groups is 1. The van der Waals surface area contributed by atoms with Crippen LogP contribution in [-0.4, -0.2) is 10.7 Å². The van der Waals surface area contributed by atoms with Crippen molar-refractivity contribution in [1.82, 2.24) is 0 Å². The van der Waals surface area contributed by atoms with Crippen LogP contribution in [0, 0.1) is 10.1 Å². The first-order valence-electron chi connectivity index (χ1n) is 2.86. The van der Waals surface area contributed by atoms with Crippen LogP contribution in [0.15, 0.2) is 16.5 Å². The summed E-state index contributed by atoms with van der Waals surface area (Å²) in [4.78, 5) is 19.9. The number of rotatable bonds is 2. The Balaban J connectivity index is 2.99. The van der Waals surface area contributed by atoms with Gasteiger partial charge in [-0.05, 0) is 6.07 Å². The average Bonchev–Trinajstić information content (AvgIpc) is 2.33. The molecule has 5 nitrogen and oxygen atoms in total. The van der Waals surface area contributed by atoms with Crippen molar-refractivity contribution in [3.05, 3.63) is 28.0 Å². The number of nitro groups is 1. The summed E-state index contributed by atoms with van der Waals surface area (Å²) < 4.78 is 4.56. The van der Waals surface area contributed by atoms with Crippen molar-refractivity contribution in [2.75, 3.05) is 0 Å². The van der Waals surface area contributed by atoms with Crippen LogP contribution in [0.1, 0.15) is 17.5 Å². The first kappa shape index (κ1) is 7.46. The molecule has 0 aliphatic carbocycles. The molecule has 0 saturated heterocycles. The number of hydrogen-bond acceptors (Lipinski definition) is 4. The van der Waals surface area contributed by atoms with Gasteiger partial charge in [0.15, 0.2) is 11.5 Å². The van der Waals surface area contributed by atoms with Gasteiger partial charge in [-0.25, -0.2) is 0 Å². The van der Waals surface area contributed by atoms with Gasteiger partial charge in [0, 0.05) is 6.92 Å². The molecule has 0 radical (unpaired) electrons. The summed E-state index contributed by atoms with van der Waals surface area (Å²) in [5.74, 6) is -0.718. The van der Waals surface area contributed by atoms with E-state index in [4.69, 9.17) is 0 Å². The van der Waals surface area contributed by atoms with E-state index in [2.05, 4.69) is 4.42 Å². The number of Topliss-reactive ketones (excluding diaryl/α,β-unsaturated/α-hetero) is 1. The average molecular weight is 155 g/mol. The van der Waals surface area contributed by atoms with E-state index in [1.54, 1.807) is 0 Å². The lowest BCUT2D eigenvalue weighted by atomic mass is 10.3. The van der Waals surface area contributed by atoms with E-state index >= 15 is 0 Å². The predicted molar refractivity (Wildman–Crippen MR) is 35.4 cm³/mol. The first-order valence-corrected chi connectivity index (χ1v) is 2.86. The summed E-state index contributed by atoms with van der Waals surface area (Å²) in [6, 6.07) is 2.43. The normalized spacial score (nSPS) is 9.55. The summed E-state index contributed by atoms with van der Waals surface area (Å²) in [5.41, 5.74) is 0. The minimum absolute atomic E-state index is 0.0108. The van der Waals surface area contributed by atoms with Gasteiger partial charge in [0.1, 0.15) is 4.92 Å². The highest BCUT2D eigenvalue weighted by Crippen LogP contribution is 2.15. The standard InChI is InChI=1S/C6H5NO4/c1-4(8)5-2-3-6(11-5)7(9)10/h2-3H,1H3. The molecule has 0 spiro atoms. The highest BCUT2D eigenvalue weighted by Gasteiger charge is 2.13. The van der Waals surface area contributed by atoms with Crippen LogP contribution in [0.2, 0.25) is 0 Å². The van der Waals surface area contributed by atoms with Crippen molar-refractivity contribution in [2.24, 2.45) is 0 Å². The third-order valence-corrected chi connectivity index (χ3v) is 1.12. The molecule has 0 bridgehead atoms. The monoisotopic (exact) mass is 155 g/mol. The highest BCUT2D eigenvalue weighted by atomic mass is 16.6. The number of ketones is 1. The Morgan fingerprint density at radius 2 is 2.27 bits per heavy atom. The Bertz CT molecular complexity index is 273. The van der Waals surface area contributed by atoms with Crippen LogP contribution < -0.4 is 0 Å². The predicted octanol–water partition coefficient (Wildman–Crippen LogP) is 1.39. The fourth-order valence-electron chi connectivity index (χ4n) is 0.615. The molecule has 11 heavy (non-hydrogen) atoms. The lowest BCUT2D eigenvalue weighted by Crippen LogP contribution is -1.87. The molecule has 0 atom stereocenters. The maximum atomic E-state index is 10.6. The molecule has 0 aromatic carbocycles. The van der Waals surface area contributed by atoms with E-state index in [-0.39, 0.29) is 11.5 Å². The van der Waals surface area contributed by atoms with Crippen LogP contribution >= 0.6 is 0 Å². The van der Waals surface area contributed by atoms with Gasteiger partial charge in [-0.15, -0.1) is 0 Å². The number of hydrogen-bond donors (Lipinski definition) is 0. The molecular formula is C6H5NO4. The first-order chi connectivity index (χ1) is 5.11. The van der Waals surface area contributed by atoms with E-state index in [1.165, 1.54) is 13.0 Å². The van der Waals surface area contributed by atoms with Gasteiger partial charge in [-0.3, -0.25) is 14.9 Å². The lowest BCUT2D eigenvalue weighted by molar-refractivity contribution is -0.402. The second-order valence-electron chi connectivity index (χ2n) is 1.95. The van der Waals surface area contributed by atoms with E-state index in [9.17, 15) is 14.9 Å². The van der Waals surface area contributed by atoms with Crippen molar-refractivity contribution >= 4 is 11.7 Å². The van der Waals surface area contributed by atoms with Crippen LogP contribution in [-0.2, 0) is 0 Å². The summed E-state index contributed by atoms with van der Waals surface area (Å²) in [5, 5.41) is 10.0. The van der Waals surface area contributed by atoms with Crippen molar-refractivity contribution < 1.29 is 14.1 Å². The van der Waals surface area contributed by atoms with E-state index in [0.29, 0.717) is 0 Å². The van der Waals surface area contributed by atoms with Gasteiger partial charge < -0.3 is 4.42 Å². The fourth-order valence-corrected chi connectivity index (χ4v) is 0.615. The molecule has 5 heteroatoms. The van der Waals surface area contributed by atoms with Gasteiger partial charge in [0.2, 0.25) is 0 Å². The summed E-state index contributed by atoms with van der Waals surface area (Å²) in [7, 11) is 0. The molecule has 1 rings (SSSR count). The quantitative estimate of drug-likeness (QED) is 0.367. The second kappa shape index (κ2) is 2.53. The Hall–Kier alpha value is -1.65. The van der Waals surface area contributed by atoms with Crippen molar-refractivity contribution in [3.8, 4) is 0 Å². The van der Waals surface area contributed by atoms with Crippen LogP contribution in [0.5, 0.6) is 0 Å². The Morgan fingerprint density at radius 1 is 1.64 bits per heavy atom. The van der Waals surface area contributed by atoms with Crippen molar-refractivity contribution in [2.45, 2.75) is 6.92 Å². The van der Waals surface area contributed by atoms with Gasteiger partial charge in [-0.2, -0.15) is 0 Å². The zero-order chi connectivity index (χ0) is 8.43. The van der Waals surface area contributed by atoms with Gasteiger partial charge in [0.25, 0.3) is 0 Å². The van der Waals surface area contributed by atoms with Crippen molar-refractivity contribution in [1.29, 1.82) is 0 Å². The number of nitrogens with zero attached hydrogens (tertiary/aromatic N) is 1. The topological polar surface area (TPSA) is 73.3 Å². The Labute approximate surface area is 61.8 Å². The maximum Gasteiger partial charge on any atom is 0.433 e. The summed E-state index contributed by atoms with van der Waals surface area (Å²) in [6.07, 6.45) is 0. The molecule has 0 amide bonds. The Kier molecular flexibility index (Phi) is 1.72. The van der Waals surface area contributed by atoms with E-state index in [0.717, 1.165) is 6.07 Å². The molecule has 1 aromatic rings. The summed E-state index contributed by atoms with van der Waals surface area (Å²) >= 11 is 0. The molecule has 0 N–H and O–H groups in total. The van der Waals surface area contributed by atoms with Crippen LogP contribution in [0.25, 0.3) is 0 Å². The molecule has 0 unspecified atom stereocenters. The molecular weight excluding hydrogens is 150 g/mol. The molecule has 0 saturated carbocycles. The van der Waals surface area contributed by atoms with Crippen LogP contribution in [0.4, 0.5) is 5.88 Å². The summed E-state index contributed by atoms with van der Waals surface area (Å²) in [6.45, 7) is 1.28. The van der Waals surface area contributed by atoms with Gasteiger partial charge >= 0.3 is 5.88 Å². The molecule has 1 aromatic heterocycles. The third-order valence-electron chi connectivity index (χ3n) is 1.12. The van der Waals surface area contributed by atoms with E-state index in [1.807, 2.05) is 0 Å². The second-order valence-corrected chi connectivity index (χ2v) is 1.95. The molecule has 0 aliphatic heterocycles. The van der Waals surface area contributed by atoms with E-state index < -0.39 is 10.8 Å². The highest BCUT2D eigenvalue weighted by molar-refractivity contribution is 5.91. The Morgan fingerprint density at radius 3 is 2.55 bits per heavy atom. The smallest absolute Gasteiger partial charge is 0.398 e. The zero-order valence-corrected chi connectivity index (χ0v) is 5.73. The third kappa shape index (κ3) is 1.43. The number of carbonyl (C=O) groups excluding carboxylic acids is 1. The molecule has 58 valence electrons. The minimum atomic E-state index is -0.688. The SMILES string of the molecule is CC(=O)c1ccc([N+](=O)[O-])o1. The molecule has 1 heterocycles. The largest absolute Gasteiger partial charge is 0.433 e. The molecule has 0 fully saturated rings. The lowest BCUT2D eigenvalue weighted by Gasteiger charge is -1.83. The molecule has 0 aliphatic rings. The van der Waals surface area contributed by atoms with Gasteiger partial charge in [0.05, 0.1) is 6.07 Å². The maximum absolute atomic E-state index is 10.6. The minimum Gasteiger partial charge on any atom is -0.398 e. The van der Waals surface area contributed by atoms with Gasteiger partial charge in [-0.1, -0.05) is 0 Å².